The van der Waals surface area contributed by atoms with E-state index in [9.17, 15) is 4.79 Å². The molecule has 20 heavy (non-hydrogen) atoms. The predicted molar refractivity (Wildman–Crippen MR) is 83.4 cm³/mol. The second kappa shape index (κ2) is 6.15. The van der Waals surface area contributed by atoms with Crippen molar-refractivity contribution in [2.45, 2.75) is 20.4 Å². The quantitative estimate of drug-likeness (QED) is 0.941. The van der Waals surface area contributed by atoms with Gasteiger partial charge in [0.15, 0.2) is 0 Å². The van der Waals surface area contributed by atoms with Gasteiger partial charge in [-0.25, -0.2) is 4.98 Å². The molecule has 4 nitrogen and oxygen atoms in total. The fraction of sp³-hybridized carbons (Fsp3) is 0.333. The molecule has 0 saturated carbocycles. The van der Waals surface area contributed by atoms with E-state index in [2.05, 4.69) is 21.3 Å². The molecule has 0 spiro atoms. The molecule has 1 aromatic carbocycles. The van der Waals surface area contributed by atoms with E-state index in [1.807, 2.05) is 46.1 Å². The SMILES string of the molecule is Cc1nc(C)c(C(=O)Nc2cccc(CN(C)C)c2)s1. The van der Waals surface area contributed by atoms with Gasteiger partial charge in [0.05, 0.1) is 10.7 Å². The first-order valence-corrected chi connectivity index (χ1v) is 7.26. The second-order valence-electron chi connectivity index (χ2n) is 5.04. The zero-order valence-electron chi connectivity index (χ0n) is 12.2. The molecule has 2 aromatic rings. The number of carbonyl (C=O) groups excluding carboxylic acids is 1. The highest BCUT2D eigenvalue weighted by Crippen LogP contribution is 2.19. The van der Waals surface area contributed by atoms with Gasteiger partial charge in [0.1, 0.15) is 4.88 Å². The molecule has 0 radical (unpaired) electrons. The minimum absolute atomic E-state index is 0.0879. The molecule has 0 unspecified atom stereocenters. The molecule has 0 aliphatic carbocycles. The summed E-state index contributed by atoms with van der Waals surface area (Å²) in [5, 5.41) is 3.85. The lowest BCUT2D eigenvalue weighted by atomic mass is 10.2. The standard InChI is InChI=1S/C15H19N3OS/c1-10-14(20-11(2)16-10)15(19)17-13-7-5-6-12(8-13)9-18(3)4/h5-8H,9H2,1-4H3,(H,17,19). The summed E-state index contributed by atoms with van der Waals surface area (Å²) in [6.07, 6.45) is 0. The van der Waals surface area contributed by atoms with Crippen LogP contribution in [0.2, 0.25) is 0 Å². The minimum Gasteiger partial charge on any atom is -0.321 e. The van der Waals surface area contributed by atoms with Crippen LogP contribution in [0.15, 0.2) is 24.3 Å². The smallest absolute Gasteiger partial charge is 0.267 e. The number of rotatable bonds is 4. The monoisotopic (exact) mass is 289 g/mol. The fourth-order valence-electron chi connectivity index (χ4n) is 2.04. The highest BCUT2D eigenvalue weighted by Gasteiger charge is 2.13. The van der Waals surface area contributed by atoms with E-state index in [0.717, 1.165) is 22.9 Å². The second-order valence-corrected chi connectivity index (χ2v) is 6.24. The summed E-state index contributed by atoms with van der Waals surface area (Å²) >= 11 is 1.43. The molecule has 106 valence electrons. The maximum atomic E-state index is 12.2. The number of aromatic nitrogens is 1. The molecule has 0 aliphatic rings. The zero-order chi connectivity index (χ0) is 14.7. The number of benzene rings is 1. The summed E-state index contributed by atoms with van der Waals surface area (Å²) in [7, 11) is 4.05. The van der Waals surface area contributed by atoms with Crippen LogP contribution in [0.5, 0.6) is 0 Å². The number of hydrogen-bond donors (Lipinski definition) is 1. The lowest BCUT2D eigenvalue weighted by Gasteiger charge is -2.11. The summed E-state index contributed by atoms with van der Waals surface area (Å²) < 4.78 is 0. The van der Waals surface area contributed by atoms with E-state index >= 15 is 0 Å². The van der Waals surface area contributed by atoms with Crippen LogP contribution in [0, 0.1) is 13.8 Å². The van der Waals surface area contributed by atoms with Crippen LogP contribution in [0.25, 0.3) is 0 Å². The van der Waals surface area contributed by atoms with E-state index in [4.69, 9.17) is 0 Å². The van der Waals surface area contributed by atoms with Crippen molar-refractivity contribution in [1.29, 1.82) is 0 Å². The van der Waals surface area contributed by atoms with Crippen LogP contribution >= 0.6 is 11.3 Å². The molecule has 0 bridgehead atoms. The Morgan fingerprint density at radius 1 is 1.35 bits per heavy atom. The first kappa shape index (κ1) is 14.7. The third-order valence-corrected chi connectivity index (χ3v) is 3.87. The molecule has 0 fully saturated rings. The summed E-state index contributed by atoms with van der Waals surface area (Å²) in [5.41, 5.74) is 2.78. The van der Waals surface area contributed by atoms with Gasteiger partial charge < -0.3 is 10.2 Å². The maximum absolute atomic E-state index is 12.2. The van der Waals surface area contributed by atoms with E-state index in [1.54, 1.807) is 0 Å². The predicted octanol–water partition coefficient (Wildman–Crippen LogP) is 3.07. The highest BCUT2D eigenvalue weighted by molar-refractivity contribution is 7.13. The van der Waals surface area contributed by atoms with Gasteiger partial charge >= 0.3 is 0 Å². The van der Waals surface area contributed by atoms with Crippen LogP contribution in [0.1, 0.15) is 25.9 Å². The summed E-state index contributed by atoms with van der Waals surface area (Å²) in [5.74, 6) is -0.0879. The molecule has 5 heteroatoms. The van der Waals surface area contributed by atoms with Crippen molar-refractivity contribution < 1.29 is 4.79 Å². The number of nitrogens with one attached hydrogen (secondary N) is 1. The molecular formula is C15H19N3OS. The van der Waals surface area contributed by atoms with Crippen molar-refractivity contribution in [2.24, 2.45) is 0 Å². The van der Waals surface area contributed by atoms with Crippen LogP contribution in [-0.2, 0) is 6.54 Å². The Labute approximate surface area is 123 Å². The normalized spacial score (nSPS) is 10.8. The lowest BCUT2D eigenvalue weighted by Crippen LogP contribution is -2.13. The Balaban J connectivity index is 2.13. The third kappa shape index (κ3) is 3.65. The number of aryl methyl sites for hydroxylation is 2. The third-order valence-electron chi connectivity index (χ3n) is 2.79. The molecule has 0 atom stereocenters. The van der Waals surface area contributed by atoms with Crippen molar-refractivity contribution in [1.82, 2.24) is 9.88 Å². The number of hydrogen-bond acceptors (Lipinski definition) is 4. The number of nitrogens with zero attached hydrogens (tertiary/aromatic N) is 2. The highest BCUT2D eigenvalue weighted by atomic mass is 32.1. The van der Waals surface area contributed by atoms with Crippen molar-refractivity contribution in [2.75, 3.05) is 19.4 Å². The van der Waals surface area contributed by atoms with Gasteiger partial charge in [-0.1, -0.05) is 12.1 Å². The average Bonchev–Trinajstić information content (AvgIpc) is 2.68. The largest absolute Gasteiger partial charge is 0.321 e. The van der Waals surface area contributed by atoms with E-state index in [-0.39, 0.29) is 5.91 Å². The molecule has 1 N–H and O–H groups in total. The van der Waals surface area contributed by atoms with Crippen LogP contribution < -0.4 is 5.32 Å². The average molecular weight is 289 g/mol. The van der Waals surface area contributed by atoms with E-state index < -0.39 is 0 Å². The molecule has 2 rings (SSSR count). The van der Waals surface area contributed by atoms with Crippen LogP contribution in [-0.4, -0.2) is 29.9 Å². The van der Waals surface area contributed by atoms with Crippen LogP contribution in [0.4, 0.5) is 5.69 Å². The molecule has 1 amide bonds. The molecular weight excluding hydrogens is 270 g/mol. The van der Waals surface area contributed by atoms with Gasteiger partial charge in [0, 0.05) is 12.2 Å². The maximum Gasteiger partial charge on any atom is 0.267 e. The van der Waals surface area contributed by atoms with Crippen LogP contribution in [0.3, 0.4) is 0 Å². The molecule has 1 aromatic heterocycles. The Kier molecular flexibility index (Phi) is 4.52. The molecule has 1 heterocycles. The van der Waals surface area contributed by atoms with Crippen molar-refractivity contribution >= 4 is 22.9 Å². The van der Waals surface area contributed by atoms with E-state index in [0.29, 0.717) is 4.88 Å². The number of thiazole rings is 1. The number of anilines is 1. The number of carbonyl (C=O) groups is 1. The Hall–Kier alpha value is -1.72. The minimum atomic E-state index is -0.0879. The summed E-state index contributed by atoms with van der Waals surface area (Å²) in [4.78, 5) is 19.3. The van der Waals surface area contributed by atoms with Gasteiger partial charge in [-0.15, -0.1) is 11.3 Å². The van der Waals surface area contributed by atoms with E-state index in [1.165, 1.54) is 16.9 Å². The van der Waals surface area contributed by atoms with Crippen molar-refractivity contribution in [3.8, 4) is 0 Å². The molecule has 0 aliphatic heterocycles. The first-order valence-electron chi connectivity index (χ1n) is 6.45. The summed E-state index contributed by atoms with van der Waals surface area (Å²) in [6, 6.07) is 7.92. The van der Waals surface area contributed by atoms with Crippen molar-refractivity contribution in [3.05, 3.63) is 45.4 Å². The topological polar surface area (TPSA) is 45.2 Å². The van der Waals surface area contributed by atoms with Gasteiger partial charge in [-0.2, -0.15) is 0 Å². The van der Waals surface area contributed by atoms with Crippen molar-refractivity contribution in [3.63, 3.8) is 0 Å². The van der Waals surface area contributed by atoms with Gasteiger partial charge in [0.2, 0.25) is 0 Å². The lowest BCUT2D eigenvalue weighted by molar-refractivity contribution is 0.103. The first-order chi connectivity index (χ1) is 9.45. The Bertz CT molecular complexity index is 619. The van der Waals surface area contributed by atoms with Gasteiger partial charge in [-0.3, -0.25) is 4.79 Å². The molecule has 0 saturated heterocycles. The number of amides is 1. The fourth-order valence-corrected chi connectivity index (χ4v) is 2.86. The van der Waals surface area contributed by atoms with Gasteiger partial charge in [0.25, 0.3) is 5.91 Å². The van der Waals surface area contributed by atoms with Gasteiger partial charge in [-0.05, 0) is 45.6 Å². The Morgan fingerprint density at radius 3 is 2.70 bits per heavy atom. The Morgan fingerprint density at radius 2 is 2.10 bits per heavy atom. The zero-order valence-corrected chi connectivity index (χ0v) is 13.0. The summed E-state index contributed by atoms with van der Waals surface area (Å²) in [6.45, 7) is 4.62.